The van der Waals surface area contributed by atoms with Crippen molar-refractivity contribution in [2.75, 3.05) is 11.5 Å². The van der Waals surface area contributed by atoms with Gasteiger partial charge < -0.3 is 5.11 Å². The molecule has 0 saturated carbocycles. The van der Waals surface area contributed by atoms with Gasteiger partial charge in [-0.2, -0.15) is 16.9 Å². The van der Waals surface area contributed by atoms with Crippen LogP contribution in [-0.2, 0) is 0 Å². The molecule has 2 aromatic rings. The van der Waals surface area contributed by atoms with Gasteiger partial charge in [0.15, 0.2) is 5.65 Å². The molecule has 1 N–H and O–H groups in total. The molecule has 1 fully saturated rings. The van der Waals surface area contributed by atoms with Gasteiger partial charge in [0, 0.05) is 6.20 Å². The van der Waals surface area contributed by atoms with Gasteiger partial charge >= 0.3 is 5.97 Å². The van der Waals surface area contributed by atoms with Crippen molar-refractivity contribution in [1.82, 2.24) is 14.8 Å². The highest BCUT2D eigenvalue weighted by molar-refractivity contribution is 7.99. The molecule has 0 radical (unpaired) electrons. The van der Waals surface area contributed by atoms with E-state index in [0.29, 0.717) is 17.1 Å². The fourth-order valence-electron chi connectivity index (χ4n) is 2.57. The van der Waals surface area contributed by atoms with Gasteiger partial charge in [-0.3, -0.25) is 0 Å². The predicted molar refractivity (Wildman–Crippen MR) is 79.8 cm³/mol. The first-order chi connectivity index (χ1) is 9.59. The molecular weight excluding hydrogens is 298 g/mol. The first kappa shape index (κ1) is 13.7. The molecule has 0 spiro atoms. The monoisotopic (exact) mass is 311 g/mol. The number of nitrogens with zero attached hydrogens (tertiary/aromatic N) is 3. The van der Waals surface area contributed by atoms with Gasteiger partial charge in [0.2, 0.25) is 0 Å². The van der Waals surface area contributed by atoms with Crippen molar-refractivity contribution in [2.24, 2.45) is 0 Å². The van der Waals surface area contributed by atoms with Crippen LogP contribution >= 0.6 is 23.4 Å². The SMILES string of the molecule is Cc1nn(C2CCSCC2)c2ncc(C(=O)O)c(Cl)c12. The lowest BCUT2D eigenvalue weighted by Crippen LogP contribution is -2.17. The van der Waals surface area contributed by atoms with Crippen LogP contribution in [0.4, 0.5) is 0 Å². The number of carboxylic acids is 1. The zero-order chi connectivity index (χ0) is 14.3. The number of fused-ring (bicyclic) bond motifs is 1. The molecule has 106 valence electrons. The number of thioether (sulfide) groups is 1. The Morgan fingerprint density at radius 1 is 1.50 bits per heavy atom. The molecule has 3 heterocycles. The van der Waals surface area contributed by atoms with Crippen LogP contribution in [0.25, 0.3) is 11.0 Å². The summed E-state index contributed by atoms with van der Waals surface area (Å²) >= 11 is 8.17. The number of aromatic carboxylic acids is 1. The van der Waals surface area contributed by atoms with E-state index in [1.54, 1.807) is 0 Å². The van der Waals surface area contributed by atoms with E-state index < -0.39 is 5.97 Å². The highest BCUT2D eigenvalue weighted by atomic mass is 35.5. The minimum Gasteiger partial charge on any atom is -0.478 e. The summed E-state index contributed by atoms with van der Waals surface area (Å²) in [6.45, 7) is 1.84. The lowest BCUT2D eigenvalue weighted by molar-refractivity contribution is 0.0697. The van der Waals surface area contributed by atoms with E-state index in [0.717, 1.165) is 30.0 Å². The molecule has 0 atom stereocenters. The van der Waals surface area contributed by atoms with Crippen LogP contribution in [0.1, 0.15) is 34.9 Å². The van der Waals surface area contributed by atoms with Crippen LogP contribution in [0.5, 0.6) is 0 Å². The first-order valence-electron chi connectivity index (χ1n) is 6.44. The summed E-state index contributed by atoms with van der Waals surface area (Å²) in [4.78, 5) is 15.4. The van der Waals surface area contributed by atoms with Crippen molar-refractivity contribution in [3.8, 4) is 0 Å². The fraction of sp³-hybridized carbons (Fsp3) is 0.462. The average Bonchev–Trinajstić information content (AvgIpc) is 2.78. The van der Waals surface area contributed by atoms with Crippen molar-refractivity contribution >= 4 is 40.4 Å². The van der Waals surface area contributed by atoms with Crippen LogP contribution in [0.2, 0.25) is 5.02 Å². The zero-order valence-corrected chi connectivity index (χ0v) is 12.5. The quantitative estimate of drug-likeness (QED) is 0.922. The van der Waals surface area contributed by atoms with Crippen molar-refractivity contribution in [3.05, 3.63) is 22.5 Å². The van der Waals surface area contributed by atoms with Gasteiger partial charge in [0.25, 0.3) is 0 Å². The second-order valence-corrected chi connectivity index (χ2v) is 6.47. The second-order valence-electron chi connectivity index (χ2n) is 4.86. The maximum Gasteiger partial charge on any atom is 0.338 e. The minimum absolute atomic E-state index is 0.0287. The Hall–Kier alpha value is -1.27. The topological polar surface area (TPSA) is 68.0 Å². The molecule has 0 aliphatic carbocycles. The van der Waals surface area contributed by atoms with Crippen LogP contribution < -0.4 is 0 Å². The van der Waals surface area contributed by atoms with E-state index in [-0.39, 0.29) is 10.6 Å². The standard InChI is InChI=1S/C13H14ClN3O2S/c1-7-10-11(14)9(13(18)19)6-15-12(10)17(16-7)8-2-4-20-5-3-8/h6,8H,2-5H2,1H3,(H,18,19). The molecule has 3 rings (SSSR count). The Kier molecular flexibility index (Phi) is 3.60. The summed E-state index contributed by atoms with van der Waals surface area (Å²) in [5.41, 5.74) is 1.45. The number of carboxylic acid groups (broad SMARTS) is 1. The van der Waals surface area contributed by atoms with Gasteiger partial charge in [-0.25, -0.2) is 14.5 Å². The maximum atomic E-state index is 11.1. The molecule has 5 nitrogen and oxygen atoms in total. The van der Waals surface area contributed by atoms with Crippen molar-refractivity contribution in [1.29, 1.82) is 0 Å². The normalized spacial score (nSPS) is 16.7. The minimum atomic E-state index is -1.06. The Labute approximate surface area is 125 Å². The third kappa shape index (κ3) is 2.16. The molecule has 2 aromatic heterocycles. The summed E-state index contributed by atoms with van der Waals surface area (Å²) in [6, 6.07) is 0.326. The highest BCUT2D eigenvalue weighted by Gasteiger charge is 2.23. The zero-order valence-electron chi connectivity index (χ0n) is 11.0. The summed E-state index contributed by atoms with van der Waals surface area (Å²) in [5.74, 6) is 1.17. The molecule has 0 aromatic carbocycles. The van der Waals surface area contributed by atoms with Crippen LogP contribution in [0.3, 0.4) is 0 Å². The summed E-state index contributed by atoms with van der Waals surface area (Å²) in [7, 11) is 0. The number of rotatable bonds is 2. The van der Waals surface area contributed by atoms with Gasteiger partial charge in [-0.15, -0.1) is 0 Å². The molecule has 0 amide bonds. The molecule has 1 aliphatic rings. The van der Waals surface area contributed by atoms with E-state index in [1.807, 2.05) is 23.4 Å². The van der Waals surface area contributed by atoms with E-state index >= 15 is 0 Å². The van der Waals surface area contributed by atoms with Crippen LogP contribution in [-0.4, -0.2) is 37.3 Å². The first-order valence-corrected chi connectivity index (χ1v) is 7.97. The molecular formula is C13H14ClN3O2S. The van der Waals surface area contributed by atoms with Gasteiger partial charge in [0.05, 0.1) is 27.7 Å². The number of halogens is 1. The number of carbonyl (C=O) groups is 1. The number of aromatic nitrogens is 3. The number of hydrogen-bond acceptors (Lipinski definition) is 4. The maximum absolute atomic E-state index is 11.1. The highest BCUT2D eigenvalue weighted by Crippen LogP contribution is 2.33. The Balaban J connectivity index is 2.16. The van der Waals surface area contributed by atoms with E-state index in [1.165, 1.54) is 6.20 Å². The number of pyridine rings is 1. The molecule has 7 heteroatoms. The van der Waals surface area contributed by atoms with Gasteiger partial charge in [-0.05, 0) is 31.3 Å². The smallest absolute Gasteiger partial charge is 0.338 e. The van der Waals surface area contributed by atoms with E-state index in [4.69, 9.17) is 16.7 Å². The Morgan fingerprint density at radius 3 is 2.85 bits per heavy atom. The molecule has 20 heavy (non-hydrogen) atoms. The van der Waals surface area contributed by atoms with E-state index in [2.05, 4.69) is 10.1 Å². The molecule has 1 saturated heterocycles. The Morgan fingerprint density at radius 2 is 2.20 bits per heavy atom. The lowest BCUT2D eigenvalue weighted by Gasteiger charge is -2.22. The van der Waals surface area contributed by atoms with Crippen molar-refractivity contribution in [2.45, 2.75) is 25.8 Å². The van der Waals surface area contributed by atoms with Crippen LogP contribution in [0.15, 0.2) is 6.20 Å². The fourth-order valence-corrected chi connectivity index (χ4v) is 4.00. The molecule has 0 bridgehead atoms. The van der Waals surface area contributed by atoms with Crippen molar-refractivity contribution < 1.29 is 9.90 Å². The van der Waals surface area contributed by atoms with E-state index in [9.17, 15) is 4.79 Å². The third-order valence-electron chi connectivity index (χ3n) is 3.60. The average molecular weight is 312 g/mol. The number of aryl methyl sites for hydroxylation is 1. The number of hydrogen-bond donors (Lipinski definition) is 1. The van der Waals surface area contributed by atoms with Crippen LogP contribution in [0, 0.1) is 6.92 Å². The predicted octanol–water partition coefficient (Wildman–Crippen LogP) is 3.16. The lowest BCUT2D eigenvalue weighted by atomic mass is 10.1. The second kappa shape index (κ2) is 5.26. The summed E-state index contributed by atoms with van der Waals surface area (Å²) in [5, 5.41) is 14.5. The molecule has 0 unspecified atom stereocenters. The summed E-state index contributed by atoms with van der Waals surface area (Å²) < 4.78 is 1.92. The summed E-state index contributed by atoms with van der Waals surface area (Å²) in [6.07, 6.45) is 3.43. The van der Waals surface area contributed by atoms with Gasteiger partial charge in [-0.1, -0.05) is 11.6 Å². The van der Waals surface area contributed by atoms with Crippen molar-refractivity contribution in [3.63, 3.8) is 0 Å². The molecule has 1 aliphatic heterocycles. The third-order valence-corrected chi connectivity index (χ3v) is 5.04. The Bertz CT molecular complexity index is 680. The van der Waals surface area contributed by atoms with Gasteiger partial charge in [0.1, 0.15) is 0 Å². The largest absolute Gasteiger partial charge is 0.478 e.